The summed E-state index contributed by atoms with van der Waals surface area (Å²) >= 11 is 0. The standard InChI is InChI=1S/C11H22N2O2S/c1-9-5-12-6-10(9)7-13-11(2)3-4-16(14,15)8-11/h9-10,12-13H,3-8H2,1-2H3/t9-,10+,11?/m1/s1. The first kappa shape index (κ1) is 12.3. The summed E-state index contributed by atoms with van der Waals surface area (Å²) in [6, 6.07) is 0. The zero-order valence-corrected chi connectivity index (χ0v) is 10.9. The third kappa shape index (κ3) is 2.76. The molecule has 2 aliphatic heterocycles. The second-order valence-electron chi connectivity index (χ2n) is 5.68. The zero-order valence-electron chi connectivity index (χ0n) is 10.1. The van der Waals surface area contributed by atoms with Crippen LogP contribution in [0.5, 0.6) is 0 Å². The Hall–Kier alpha value is -0.130. The predicted molar refractivity (Wildman–Crippen MR) is 65.2 cm³/mol. The maximum Gasteiger partial charge on any atom is 0.152 e. The molecule has 0 radical (unpaired) electrons. The second kappa shape index (κ2) is 4.27. The Kier molecular flexibility index (Phi) is 3.29. The van der Waals surface area contributed by atoms with E-state index in [0.29, 0.717) is 23.3 Å². The van der Waals surface area contributed by atoms with Crippen LogP contribution in [-0.2, 0) is 9.84 Å². The fourth-order valence-corrected chi connectivity index (χ4v) is 4.79. The van der Waals surface area contributed by atoms with Crippen molar-refractivity contribution in [1.82, 2.24) is 10.6 Å². The molecular formula is C11H22N2O2S. The van der Waals surface area contributed by atoms with E-state index in [1.165, 1.54) is 0 Å². The van der Waals surface area contributed by atoms with E-state index in [1.54, 1.807) is 0 Å². The van der Waals surface area contributed by atoms with Gasteiger partial charge in [-0.2, -0.15) is 0 Å². The van der Waals surface area contributed by atoms with E-state index in [9.17, 15) is 8.42 Å². The molecule has 16 heavy (non-hydrogen) atoms. The lowest BCUT2D eigenvalue weighted by Gasteiger charge is -2.27. The Morgan fingerprint density at radius 2 is 2.19 bits per heavy atom. The molecule has 5 heteroatoms. The largest absolute Gasteiger partial charge is 0.316 e. The van der Waals surface area contributed by atoms with Gasteiger partial charge >= 0.3 is 0 Å². The molecule has 2 heterocycles. The molecule has 2 fully saturated rings. The molecular weight excluding hydrogens is 224 g/mol. The molecule has 1 unspecified atom stereocenters. The Balaban J connectivity index is 1.86. The Morgan fingerprint density at radius 3 is 2.69 bits per heavy atom. The average Bonchev–Trinajstić information content (AvgIpc) is 2.69. The van der Waals surface area contributed by atoms with Gasteiger partial charge in [0.1, 0.15) is 0 Å². The molecule has 0 spiro atoms. The van der Waals surface area contributed by atoms with Crippen LogP contribution in [0.2, 0.25) is 0 Å². The highest BCUT2D eigenvalue weighted by molar-refractivity contribution is 7.91. The summed E-state index contributed by atoms with van der Waals surface area (Å²) in [5.41, 5.74) is -0.193. The summed E-state index contributed by atoms with van der Waals surface area (Å²) in [6.07, 6.45) is 0.754. The summed E-state index contributed by atoms with van der Waals surface area (Å²) < 4.78 is 22.9. The molecule has 2 aliphatic rings. The van der Waals surface area contributed by atoms with E-state index in [-0.39, 0.29) is 5.54 Å². The van der Waals surface area contributed by atoms with Crippen LogP contribution >= 0.6 is 0 Å². The van der Waals surface area contributed by atoms with Gasteiger partial charge in [0, 0.05) is 12.1 Å². The van der Waals surface area contributed by atoms with Crippen molar-refractivity contribution in [3.63, 3.8) is 0 Å². The number of hydrogen-bond donors (Lipinski definition) is 2. The summed E-state index contributed by atoms with van der Waals surface area (Å²) in [6.45, 7) is 7.35. The number of rotatable bonds is 3. The van der Waals surface area contributed by atoms with E-state index in [4.69, 9.17) is 0 Å². The van der Waals surface area contributed by atoms with Gasteiger partial charge in [0.25, 0.3) is 0 Å². The van der Waals surface area contributed by atoms with Gasteiger partial charge in [-0.25, -0.2) is 8.42 Å². The highest BCUT2D eigenvalue weighted by Crippen LogP contribution is 2.24. The molecule has 0 saturated carbocycles. The van der Waals surface area contributed by atoms with Gasteiger partial charge in [0.2, 0.25) is 0 Å². The fourth-order valence-electron chi connectivity index (χ4n) is 2.66. The van der Waals surface area contributed by atoms with Gasteiger partial charge in [-0.1, -0.05) is 6.92 Å². The van der Waals surface area contributed by atoms with Gasteiger partial charge in [-0.15, -0.1) is 0 Å². The van der Waals surface area contributed by atoms with Gasteiger partial charge in [0.15, 0.2) is 9.84 Å². The number of nitrogens with one attached hydrogen (secondary N) is 2. The van der Waals surface area contributed by atoms with E-state index in [0.717, 1.165) is 26.1 Å². The second-order valence-corrected chi connectivity index (χ2v) is 7.86. The van der Waals surface area contributed by atoms with Crippen molar-refractivity contribution in [1.29, 1.82) is 0 Å². The summed E-state index contributed by atoms with van der Waals surface area (Å²) in [4.78, 5) is 0. The van der Waals surface area contributed by atoms with E-state index in [1.807, 2.05) is 6.92 Å². The van der Waals surface area contributed by atoms with Crippen LogP contribution in [0.1, 0.15) is 20.3 Å². The molecule has 0 aromatic heterocycles. The lowest BCUT2D eigenvalue weighted by atomic mass is 9.95. The van der Waals surface area contributed by atoms with Crippen molar-refractivity contribution in [2.24, 2.45) is 11.8 Å². The fraction of sp³-hybridized carbons (Fsp3) is 1.00. The minimum Gasteiger partial charge on any atom is -0.316 e. The summed E-state index contributed by atoms with van der Waals surface area (Å²) in [5, 5.41) is 6.83. The molecule has 3 atom stereocenters. The lowest BCUT2D eigenvalue weighted by Crippen LogP contribution is -2.46. The van der Waals surface area contributed by atoms with Crippen LogP contribution in [0, 0.1) is 11.8 Å². The highest BCUT2D eigenvalue weighted by atomic mass is 32.2. The third-order valence-electron chi connectivity index (χ3n) is 3.97. The first-order valence-electron chi connectivity index (χ1n) is 6.06. The smallest absolute Gasteiger partial charge is 0.152 e. The molecule has 94 valence electrons. The third-order valence-corrected chi connectivity index (χ3v) is 5.88. The minimum atomic E-state index is -2.79. The molecule has 0 aliphatic carbocycles. The van der Waals surface area contributed by atoms with Crippen LogP contribution in [0.4, 0.5) is 0 Å². The number of hydrogen-bond acceptors (Lipinski definition) is 4. The van der Waals surface area contributed by atoms with Gasteiger partial charge in [-0.05, 0) is 38.3 Å². The van der Waals surface area contributed by atoms with Crippen molar-refractivity contribution < 1.29 is 8.42 Å². The first-order chi connectivity index (χ1) is 7.40. The molecule has 0 aromatic carbocycles. The Bertz CT molecular complexity index is 355. The molecule has 0 aromatic rings. The predicted octanol–water partition coefficient (Wildman–Crippen LogP) is 0.00870. The summed E-state index contributed by atoms with van der Waals surface area (Å²) in [5.74, 6) is 1.97. The van der Waals surface area contributed by atoms with E-state index in [2.05, 4.69) is 17.6 Å². The maximum absolute atomic E-state index is 11.5. The number of sulfone groups is 1. The van der Waals surface area contributed by atoms with E-state index < -0.39 is 9.84 Å². The normalized spacial score (nSPS) is 42.6. The van der Waals surface area contributed by atoms with Crippen LogP contribution < -0.4 is 10.6 Å². The van der Waals surface area contributed by atoms with Crippen molar-refractivity contribution in [3.8, 4) is 0 Å². The average molecular weight is 246 g/mol. The van der Waals surface area contributed by atoms with Crippen LogP contribution in [-0.4, -0.2) is 45.1 Å². The molecule has 2 rings (SSSR count). The maximum atomic E-state index is 11.5. The van der Waals surface area contributed by atoms with Gasteiger partial charge < -0.3 is 10.6 Å². The monoisotopic (exact) mass is 246 g/mol. The molecule has 0 amide bonds. The van der Waals surface area contributed by atoms with Crippen molar-refractivity contribution in [3.05, 3.63) is 0 Å². The van der Waals surface area contributed by atoms with Gasteiger partial charge in [0.05, 0.1) is 11.5 Å². The highest BCUT2D eigenvalue weighted by Gasteiger charge is 2.38. The van der Waals surface area contributed by atoms with Crippen molar-refractivity contribution in [2.45, 2.75) is 25.8 Å². The summed E-state index contributed by atoms with van der Waals surface area (Å²) in [7, 11) is -2.79. The van der Waals surface area contributed by atoms with Crippen LogP contribution in [0.15, 0.2) is 0 Å². The SMILES string of the molecule is C[C@@H]1CNC[C@H]1CNC1(C)CCS(=O)(=O)C1. The zero-order chi connectivity index (χ0) is 11.8. The minimum absolute atomic E-state index is 0.193. The Labute approximate surface area is 98.1 Å². The van der Waals surface area contributed by atoms with Crippen molar-refractivity contribution >= 4 is 9.84 Å². The lowest BCUT2D eigenvalue weighted by molar-refractivity contribution is 0.333. The quantitative estimate of drug-likeness (QED) is 0.736. The molecule has 2 saturated heterocycles. The molecule has 0 bridgehead atoms. The van der Waals surface area contributed by atoms with Crippen LogP contribution in [0.3, 0.4) is 0 Å². The van der Waals surface area contributed by atoms with Crippen LogP contribution in [0.25, 0.3) is 0 Å². The van der Waals surface area contributed by atoms with Crippen molar-refractivity contribution in [2.75, 3.05) is 31.1 Å². The topological polar surface area (TPSA) is 58.2 Å². The Morgan fingerprint density at radius 1 is 1.44 bits per heavy atom. The molecule has 2 N–H and O–H groups in total. The molecule has 4 nitrogen and oxygen atoms in total. The van der Waals surface area contributed by atoms with E-state index >= 15 is 0 Å². The first-order valence-corrected chi connectivity index (χ1v) is 7.89. The van der Waals surface area contributed by atoms with Gasteiger partial charge in [-0.3, -0.25) is 0 Å².